The molecule has 1 aliphatic carbocycles. The first-order valence-electron chi connectivity index (χ1n) is 12.7. The quantitative estimate of drug-likeness (QED) is 0.336. The molecule has 1 saturated carbocycles. The molecule has 0 atom stereocenters. The molecule has 8 nitrogen and oxygen atoms in total. The Hall–Kier alpha value is -3.36. The zero-order valence-corrected chi connectivity index (χ0v) is 20.8. The number of aromatic nitrogens is 2. The van der Waals surface area contributed by atoms with Crippen molar-refractivity contribution in [2.24, 2.45) is 10.2 Å². The molecule has 1 saturated heterocycles. The Bertz CT molecular complexity index is 1160. The SMILES string of the molecule is Cc1cccc(CN=Nc2cc(N3CCOCC3)nc(Oc3ccc(COC4CCCC4)cc3)n2)c1. The average molecular weight is 488 g/mol. The highest BCUT2D eigenvalue weighted by atomic mass is 16.5. The highest BCUT2D eigenvalue weighted by Gasteiger charge is 2.17. The van der Waals surface area contributed by atoms with Gasteiger partial charge in [0.2, 0.25) is 0 Å². The summed E-state index contributed by atoms with van der Waals surface area (Å²) in [6.45, 7) is 6.01. The fourth-order valence-corrected chi connectivity index (χ4v) is 4.48. The van der Waals surface area contributed by atoms with E-state index >= 15 is 0 Å². The zero-order valence-electron chi connectivity index (χ0n) is 20.8. The minimum absolute atomic E-state index is 0.249. The number of hydrogen-bond acceptors (Lipinski definition) is 8. The molecule has 2 heterocycles. The molecule has 5 rings (SSSR count). The Balaban J connectivity index is 1.29. The van der Waals surface area contributed by atoms with Gasteiger partial charge in [-0.05, 0) is 43.0 Å². The zero-order chi connectivity index (χ0) is 24.6. The van der Waals surface area contributed by atoms with Gasteiger partial charge in [-0.15, -0.1) is 5.11 Å². The number of benzene rings is 2. The number of azo groups is 1. The summed E-state index contributed by atoms with van der Waals surface area (Å²) in [5.41, 5.74) is 3.43. The van der Waals surface area contributed by atoms with Crippen LogP contribution in [0, 0.1) is 6.92 Å². The van der Waals surface area contributed by atoms with Crippen LogP contribution in [0.1, 0.15) is 42.4 Å². The Labute approximate surface area is 212 Å². The second-order valence-electron chi connectivity index (χ2n) is 9.32. The first-order valence-corrected chi connectivity index (χ1v) is 12.7. The van der Waals surface area contributed by atoms with Gasteiger partial charge in [-0.3, -0.25) is 0 Å². The summed E-state index contributed by atoms with van der Waals surface area (Å²) < 4.78 is 17.6. The normalized spacial score (nSPS) is 16.6. The molecular weight excluding hydrogens is 454 g/mol. The van der Waals surface area contributed by atoms with E-state index in [1.54, 1.807) is 0 Å². The summed E-state index contributed by atoms with van der Waals surface area (Å²) in [6.07, 6.45) is 5.28. The molecule has 1 aromatic heterocycles. The lowest BCUT2D eigenvalue weighted by molar-refractivity contribution is 0.0457. The van der Waals surface area contributed by atoms with Crippen molar-refractivity contribution >= 4 is 11.6 Å². The molecule has 0 bridgehead atoms. The number of rotatable bonds is 9. The van der Waals surface area contributed by atoms with Crippen molar-refractivity contribution in [2.45, 2.75) is 51.9 Å². The predicted molar refractivity (Wildman–Crippen MR) is 138 cm³/mol. The topological polar surface area (TPSA) is 81.4 Å². The van der Waals surface area contributed by atoms with E-state index in [9.17, 15) is 0 Å². The van der Waals surface area contributed by atoms with Crippen molar-refractivity contribution in [2.75, 3.05) is 31.2 Å². The first kappa shape index (κ1) is 24.3. The van der Waals surface area contributed by atoms with E-state index in [4.69, 9.17) is 14.2 Å². The Morgan fingerprint density at radius 2 is 1.78 bits per heavy atom. The van der Waals surface area contributed by atoms with Gasteiger partial charge in [0.05, 0.1) is 32.5 Å². The van der Waals surface area contributed by atoms with Gasteiger partial charge >= 0.3 is 6.01 Å². The van der Waals surface area contributed by atoms with E-state index in [0.717, 1.165) is 30.0 Å². The molecule has 36 heavy (non-hydrogen) atoms. The van der Waals surface area contributed by atoms with Gasteiger partial charge in [-0.1, -0.05) is 54.8 Å². The average Bonchev–Trinajstić information content (AvgIpc) is 3.43. The number of hydrogen-bond donors (Lipinski definition) is 0. The van der Waals surface area contributed by atoms with Gasteiger partial charge in [-0.2, -0.15) is 15.1 Å². The van der Waals surface area contributed by atoms with Crippen LogP contribution >= 0.6 is 0 Å². The van der Waals surface area contributed by atoms with Crippen molar-refractivity contribution in [3.63, 3.8) is 0 Å². The smallest absolute Gasteiger partial charge is 0.326 e. The fraction of sp³-hybridized carbons (Fsp3) is 0.429. The third kappa shape index (κ3) is 6.86. The fourth-order valence-electron chi connectivity index (χ4n) is 4.48. The van der Waals surface area contributed by atoms with Crippen molar-refractivity contribution in [1.82, 2.24) is 9.97 Å². The molecule has 0 amide bonds. The number of nitrogens with zero attached hydrogens (tertiary/aromatic N) is 5. The summed E-state index contributed by atoms with van der Waals surface area (Å²) in [6, 6.07) is 18.3. The highest BCUT2D eigenvalue weighted by molar-refractivity contribution is 5.48. The molecule has 2 aromatic carbocycles. The third-order valence-electron chi connectivity index (χ3n) is 6.44. The molecule has 8 heteroatoms. The van der Waals surface area contributed by atoms with E-state index in [1.165, 1.54) is 31.2 Å². The summed E-state index contributed by atoms with van der Waals surface area (Å²) in [5.74, 6) is 1.89. The van der Waals surface area contributed by atoms with Gasteiger partial charge in [-0.25, -0.2) is 0 Å². The summed E-state index contributed by atoms with van der Waals surface area (Å²) in [4.78, 5) is 11.3. The van der Waals surface area contributed by atoms with E-state index in [2.05, 4.69) is 44.2 Å². The lowest BCUT2D eigenvalue weighted by Gasteiger charge is -2.27. The summed E-state index contributed by atoms with van der Waals surface area (Å²) >= 11 is 0. The second kappa shape index (κ2) is 12.1. The highest BCUT2D eigenvalue weighted by Crippen LogP contribution is 2.27. The first-order chi connectivity index (χ1) is 17.7. The molecular formula is C28H33N5O3. The molecule has 3 aromatic rings. The molecule has 0 unspecified atom stereocenters. The van der Waals surface area contributed by atoms with E-state index in [1.807, 2.05) is 42.5 Å². The molecule has 2 aliphatic rings. The molecule has 0 N–H and O–H groups in total. The Kier molecular flexibility index (Phi) is 8.15. The predicted octanol–water partition coefficient (Wildman–Crippen LogP) is 6.16. The van der Waals surface area contributed by atoms with Crippen LogP contribution in [0.5, 0.6) is 11.8 Å². The molecule has 188 valence electrons. The van der Waals surface area contributed by atoms with Gasteiger partial charge < -0.3 is 19.1 Å². The minimum Gasteiger partial charge on any atom is -0.424 e. The summed E-state index contributed by atoms with van der Waals surface area (Å²) in [5, 5.41) is 8.76. The Morgan fingerprint density at radius 1 is 0.972 bits per heavy atom. The van der Waals surface area contributed by atoms with Gasteiger partial charge in [0.25, 0.3) is 0 Å². The maximum absolute atomic E-state index is 6.04. The van der Waals surface area contributed by atoms with E-state index < -0.39 is 0 Å². The van der Waals surface area contributed by atoms with Crippen LogP contribution in [0.15, 0.2) is 64.8 Å². The van der Waals surface area contributed by atoms with Crippen molar-refractivity contribution in [3.05, 3.63) is 71.3 Å². The van der Waals surface area contributed by atoms with Crippen LogP contribution in [-0.4, -0.2) is 42.4 Å². The van der Waals surface area contributed by atoms with Crippen LogP contribution in [-0.2, 0) is 22.6 Å². The number of anilines is 1. The van der Waals surface area contributed by atoms with Crippen LogP contribution < -0.4 is 9.64 Å². The van der Waals surface area contributed by atoms with Gasteiger partial charge in [0.15, 0.2) is 5.82 Å². The van der Waals surface area contributed by atoms with Crippen LogP contribution in [0.25, 0.3) is 0 Å². The third-order valence-corrected chi connectivity index (χ3v) is 6.44. The van der Waals surface area contributed by atoms with Crippen molar-refractivity contribution in [3.8, 4) is 11.8 Å². The maximum atomic E-state index is 6.04. The molecule has 0 radical (unpaired) electrons. The number of morpholine rings is 1. The largest absolute Gasteiger partial charge is 0.424 e. The van der Waals surface area contributed by atoms with Crippen molar-refractivity contribution < 1.29 is 14.2 Å². The van der Waals surface area contributed by atoms with E-state index in [0.29, 0.717) is 44.0 Å². The van der Waals surface area contributed by atoms with Crippen molar-refractivity contribution in [1.29, 1.82) is 0 Å². The Morgan fingerprint density at radius 3 is 2.56 bits per heavy atom. The number of ether oxygens (including phenoxy) is 3. The molecule has 2 fully saturated rings. The van der Waals surface area contributed by atoms with Crippen LogP contribution in [0.4, 0.5) is 11.6 Å². The summed E-state index contributed by atoms with van der Waals surface area (Å²) in [7, 11) is 0. The minimum atomic E-state index is 0.249. The molecule has 1 aliphatic heterocycles. The second-order valence-corrected chi connectivity index (χ2v) is 9.32. The standard InChI is InChI=1S/C28H33N5O3/c1-21-5-4-6-23(17-21)19-29-32-26-18-27(33-13-15-34-16-14-33)31-28(30-26)36-25-11-9-22(10-12-25)20-35-24-7-2-3-8-24/h4-6,9-12,17-18,24H,2-3,7-8,13-16,19-20H2,1H3. The van der Waals surface area contributed by atoms with Crippen LogP contribution in [0.3, 0.4) is 0 Å². The van der Waals surface area contributed by atoms with Gasteiger partial charge in [0, 0.05) is 19.2 Å². The number of aryl methyl sites for hydroxylation is 1. The molecule has 0 spiro atoms. The van der Waals surface area contributed by atoms with Gasteiger partial charge in [0.1, 0.15) is 11.6 Å². The van der Waals surface area contributed by atoms with Crippen LogP contribution in [0.2, 0.25) is 0 Å². The lowest BCUT2D eigenvalue weighted by atomic mass is 10.1. The monoisotopic (exact) mass is 487 g/mol. The maximum Gasteiger partial charge on any atom is 0.326 e. The lowest BCUT2D eigenvalue weighted by Crippen LogP contribution is -2.36. The van der Waals surface area contributed by atoms with E-state index in [-0.39, 0.29) is 6.01 Å².